The van der Waals surface area contributed by atoms with Crippen molar-refractivity contribution < 1.29 is 9.18 Å². The second-order valence-electron chi connectivity index (χ2n) is 7.10. The topological polar surface area (TPSA) is 83.6 Å². The summed E-state index contributed by atoms with van der Waals surface area (Å²) in [5.74, 6) is 0.249. The van der Waals surface area contributed by atoms with E-state index in [0.29, 0.717) is 11.4 Å². The van der Waals surface area contributed by atoms with Crippen molar-refractivity contribution in [3.05, 3.63) is 75.5 Å². The molecule has 4 aromatic rings. The van der Waals surface area contributed by atoms with Crippen molar-refractivity contribution in [3.63, 3.8) is 0 Å². The average molecular weight is 424 g/mol. The van der Waals surface area contributed by atoms with Gasteiger partial charge >= 0.3 is 0 Å². The third-order valence-corrected chi connectivity index (χ3v) is 5.66. The third-order valence-electron chi connectivity index (χ3n) is 4.75. The van der Waals surface area contributed by atoms with Crippen molar-refractivity contribution in [1.82, 2.24) is 25.3 Å². The molecule has 0 fully saturated rings. The number of hydrogen-bond acceptors (Lipinski definition) is 5. The molecule has 0 saturated heterocycles. The second-order valence-corrected chi connectivity index (χ2v) is 8.04. The monoisotopic (exact) mass is 423 g/mol. The van der Waals surface area contributed by atoms with E-state index in [1.807, 2.05) is 24.3 Å². The van der Waals surface area contributed by atoms with Crippen molar-refractivity contribution in [2.45, 2.75) is 39.2 Å². The molecule has 3 heterocycles. The summed E-state index contributed by atoms with van der Waals surface area (Å²) in [5.41, 5.74) is 3.34. The van der Waals surface area contributed by atoms with Crippen LogP contribution < -0.4 is 5.32 Å². The van der Waals surface area contributed by atoms with Crippen LogP contribution in [-0.2, 0) is 19.4 Å². The normalized spacial score (nSPS) is 11.1. The Morgan fingerprint density at radius 2 is 1.93 bits per heavy atom. The Labute approximate surface area is 177 Å². The van der Waals surface area contributed by atoms with Crippen LogP contribution in [0.5, 0.6) is 0 Å². The number of benzene rings is 1. The molecule has 6 nitrogen and oxygen atoms in total. The molecule has 0 spiro atoms. The number of carbonyl (C=O) groups excluding carboxylic acids is 1. The first kappa shape index (κ1) is 20.2. The van der Waals surface area contributed by atoms with Crippen LogP contribution in [0, 0.1) is 12.7 Å². The fraction of sp³-hybridized carbons (Fsp3) is 0.273. The van der Waals surface area contributed by atoms with Crippen LogP contribution in [0.15, 0.2) is 41.8 Å². The Bertz CT molecular complexity index is 1140. The number of nitrogens with zero attached hydrogens (tertiary/aromatic N) is 3. The van der Waals surface area contributed by atoms with Crippen LogP contribution in [0.3, 0.4) is 0 Å². The van der Waals surface area contributed by atoms with Gasteiger partial charge in [-0.15, -0.1) is 11.3 Å². The van der Waals surface area contributed by atoms with Crippen LogP contribution in [-0.4, -0.2) is 25.8 Å². The summed E-state index contributed by atoms with van der Waals surface area (Å²) >= 11 is 1.47. The fourth-order valence-electron chi connectivity index (χ4n) is 3.19. The Balaban J connectivity index is 1.24. The number of pyridine rings is 1. The van der Waals surface area contributed by atoms with E-state index in [-0.39, 0.29) is 18.1 Å². The minimum Gasteiger partial charge on any atom is -0.345 e. The number of amides is 1. The molecule has 154 valence electrons. The van der Waals surface area contributed by atoms with Crippen molar-refractivity contribution in [2.75, 3.05) is 0 Å². The lowest BCUT2D eigenvalue weighted by atomic mass is 10.2. The van der Waals surface area contributed by atoms with Gasteiger partial charge in [0.2, 0.25) is 0 Å². The molecular formula is C22H22FN5OS. The highest BCUT2D eigenvalue weighted by Gasteiger charge is 2.12. The van der Waals surface area contributed by atoms with E-state index in [1.54, 1.807) is 18.4 Å². The van der Waals surface area contributed by atoms with Gasteiger partial charge in [0.1, 0.15) is 17.3 Å². The smallest absolute Gasteiger partial charge is 0.271 e. The van der Waals surface area contributed by atoms with Crippen LogP contribution in [0.2, 0.25) is 0 Å². The minimum absolute atomic E-state index is 0.0384. The molecular weight excluding hydrogens is 401 g/mol. The Morgan fingerprint density at radius 3 is 2.80 bits per heavy atom. The number of aromatic nitrogens is 4. The van der Waals surface area contributed by atoms with Gasteiger partial charge in [-0.2, -0.15) is 0 Å². The lowest BCUT2D eigenvalue weighted by Gasteiger charge is -2.05. The number of rotatable bonds is 8. The molecule has 3 aromatic heterocycles. The summed E-state index contributed by atoms with van der Waals surface area (Å²) in [7, 11) is 0. The highest BCUT2D eigenvalue weighted by atomic mass is 32.1. The van der Waals surface area contributed by atoms with Crippen molar-refractivity contribution in [1.29, 1.82) is 0 Å². The SMILES string of the molecule is Cc1ccc(F)c(CNC(=O)c2csc(CCCCc3nc4ccccc4[nH]3)n2)n1. The number of unbranched alkanes of at least 4 members (excludes halogenated alkanes) is 1. The van der Waals surface area contributed by atoms with Crippen LogP contribution >= 0.6 is 11.3 Å². The van der Waals surface area contributed by atoms with Crippen LogP contribution in [0.4, 0.5) is 4.39 Å². The summed E-state index contributed by atoms with van der Waals surface area (Å²) in [6.45, 7) is 1.82. The highest BCUT2D eigenvalue weighted by molar-refractivity contribution is 7.09. The van der Waals surface area contributed by atoms with Gasteiger partial charge in [-0.3, -0.25) is 9.78 Å². The molecule has 30 heavy (non-hydrogen) atoms. The van der Waals surface area contributed by atoms with Crippen LogP contribution in [0.25, 0.3) is 11.0 Å². The quantitative estimate of drug-likeness (QED) is 0.413. The number of aromatic amines is 1. The van der Waals surface area contributed by atoms with E-state index in [9.17, 15) is 9.18 Å². The number of halogens is 1. The number of hydrogen-bond donors (Lipinski definition) is 2. The maximum atomic E-state index is 13.7. The average Bonchev–Trinajstić information content (AvgIpc) is 3.38. The molecule has 0 unspecified atom stereocenters. The molecule has 0 bridgehead atoms. The summed E-state index contributed by atoms with van der Waals surface area (Å²) < 4.78 is 13.7. The molecule has 8 heteroatoms. The maximum Gasteiger partial charge on any atom is 0.271 e. The van der Waals surface area contributed by atoms with E-state index < -0.39 is 5.82 Å². The predicted molar refractivity (Wildman–Crippen MR) is 115 cm³/mol. The fourth-order valence-corrected chi connectivity index (χ4v) is 4.02. The molecule has 4 rings (SSSR count). The van der Waals surface area contributed by atoms with Gasteiger partial charge in [-0.05, 0) is 50.5 Å². The zero-order chi connectivity index (χ0) is 20.9. The first-order valence-corrected chi connectivity index (χ1v) is 10.7. The lowest BCUT2D eigenvalue weighted by molar-refractivity contribution is 0.0945. The zero-order valence-electron chi connectivity index (χ0n) is 16.6. The van der Waals surface area contributed by atoms with Gasteiger partial charge in [0.25, 0.3) is 5.91 Å². The van der Waals surface area contributed by atoms with E-state index in [0.717, 1.165) is 47.5 Å². The van der Waals surface area contributed by atoms with Crippen molar-refractivity contribution in [3.8, 4) is 0 Å². The number of carbonyl (C=O) groups is 1. The Hall–Kier alpha value is -3.13. The number of imidazole rings is 1. The zero-order valence-corrected chi connectivity index (χ0v) is 17.4. The molecule has 2 N–H and O–H groups in total. The molecule has 0 aliphatic carbocycles. The number of thiazole rings is 1. The largest absolute Gasteiger partial charge is 0.345 e. The van der Waals surface area contributed by atoms with Crippen LogP contribution in [0.1, 0.15) is 45.5 Å². The number of para-hydroxylation sites is 2. The molecule has 1 amide bonds. The number of aryl methyl sites for hydroxylation is 3. The number of fused-ring (bicyclic) bond motifs is 1. The third kappa shape index (κ3) is 4.88. The summed E-state index contributed by atoms with van der Waals surface area (Å²) in [6, 6.07) is 11.0. The van der Waals surface area contributed by atoms with E-state index in [4.69, 9.17) is 0 Å². The molecule has 0 radical (unpaired) electrons. The minimum atomic E-state index is -0.427. The first-order chi connectivity index (χ1) is 14.6. The summed E-state index contributed by atoms with van der Waals surface area (Å²) in [4.78, 5) is 28.8. The van der Waals surface area contributed by atoms with Gasteiger partial charge in [0, 0.05) is 17.5 Å². The molecule has 0 saturated carbocycles. The number of H-pyrrole nitrogens is 1. The highest BCUT2D eigenvalue weighted by Crippen LogP contribution is 2.16. The van der Waals surface area contributed by atoms with Gasteiger partial charge in [0.15, 0.2) is 0 Å². The van der Waals surface area contributed by atoms with Gasteiger partial charge < -0.3 is 10.3 Å². The van der Waals surface area contributed by atoms with Crippen molar-refractivity contribution in [2.24, 2.45) is 0 Å². The van der Waals surface area contributed by atoms with E-state index >= 15 is 0 Å². The summed E-state index contributed by atoms with van der Waals surface area (Å²) in [6.07, 6.45) is 3.64. The predicted octanol–water partition coefficient (Wildman–Crippen LogP) is 4.36. The maximum absolute atomic E-state index is 13.7. The van der Waals surface area contributed by atoms with Gasteiger partial charge in [-0.1, -0.05) is 12.1 Å². The van der Waals surface area contributed by atoms with Gasteiger partial charge in [-0.25, -0.2) is 14.4 Å². The number of nitrogens with one attached hydrogen (secondary N) is 2. The lowest BCUT2D eigenvalue weighted by Crippen LogP contribution is -2.24. The first-order valence-electron chi connectivity index (χ1n) is 9.87. The van der Waals surface area contributed by atoms with E-state index in [2.05, 4.69) is 25.3 Å². The second kappa shape index (κ2) is 9.13. The molecule has 0 aliphatic rings. The standard InChI is InChI=1S/C22H22FN5OS/c1-14-10-11-15(23)18(25-14)12-24-22(29)19-13-30-21(28-19)9-5-4-8-20-26-16-6-2-3-7-17(16)27-20/h2-3,6-7,10-11,13H,4-5,8-9,12H2,1H3,(H,24,29)(H,26,27). The van der Waals surface area contributed by atoms with E-state index in [1.165, 1.54) is 17.4 Å². The van der Waals surface area contributed by atoms with Gasteiger partial charge in [0.05, 0.1) is 28.3 Å². The molecule has 0 atom stereocenters. The molecule has 1 aromatic carbocycles. The van der Waals surface area contributed by atoms with Crippen molar-refractivity contribution >= 4 is 28.3 Å². The Kier molecular flexibility index (Phi) is 6.13. The summed E-state index contributed by atoms with van der Waals surface area (Å²) in [5, 5.41) is 5.35. The molecule has 0 aliphatic heterocycles. The Morgan fingerprint density at radius 1 is 1.10 bits per heavy atom.